The Balaban J connectivity index is 2.63. The molecule has 0 saturated heterocycles. The molecule has 0 aliphatic carbocycles. The largest absolute Gasteiger partial charge is 0.235 e. The fourth-order valence-electron chi connectivity index (χ4n) is 0.218. The topological polar surface area (TPSA) is 0 Å². The molecule has 6 heavy (non-hydrogen) atoms. The lowest BCUT2D eigenvalue weighted by Crippen LogP contribution is -1.81. The number of hydrogen-bond donors (Lipinski definition) is 0. The monoisotopic (exact) mass is 154 g/mol. The molecule has 2 heteroatoms. The van der Waals surface area contributed by atoms with Crippen molar-refractivity contribution in [3.8, 4) is 0 Å². The summed E-state index contributed by atoms with van der Waals surface area (Å²) in [5, 5.41) is -0.789. The van der Waals surface area contributed by atoms with Crippen LogP contribution in [0.15, 0.2) is 0 Å². The van der Waals surface area contributed by atoms with Gasteiger partial charge in [-0.25, -0.2) is 4.39 Å². The molecule has 0 saturated carbocycles. The average Bonchev–Trinajstić information content (AvgIpc) is 1.35. The molecule has 0 fully saturated rings. The Kier molecular flexibility index (Phi) is 3.84. The van der Waals surface area contributed by atoms with E-state index in [4.69, 9.17) is 0 Å². The lowest BCUT2D eigenvalue weighted by atomic mass is 10.4. The predicted molar refractivity (Wildman–Crippen MR) is 28.7 cm³/mol. The third-order valence-electron chi connectivity index (χ3n) is 0.507. The highest BCUT2D eigenvalue weighted by atomic mass is 79.9. The van der Waals surface area contributed by atoms with Gasteiger partial charge in [0.15, 0.2) is 5.08 Å². The third kappa shape index (κ3) is 4.41. The molecule has 0 aliphatic rings. The molecule has 0 aromatic rings. The van der Waals surface area contributed by atoms with Gasteiger partial charge in [-0.2, -0.15) is 0 Å². The van der Waals surface area contributed by atoms with Crippen molar-refractivity contribution in [3.05, 3.63) is 0 Å². The zero-order chi connectivity index (χ0) is 4.99. The maximum atomic E-state index is 11.6. The molecule has 0 bridgehead atoms. The molecule has 1 atom stereocenters. The van der Waals surface area contributed by atoms with Gasteiger partial charge < -0.3 is 0 Å². The van der Waals surface area contributed by atoms with Crippen LogP contribution in [0.2, 0.25) is 0 Å². The van der Waals surface area contributed by atoms with E-state index in [-0.39, 0.29) is 0 Å². The molecule has 0 heterocycles. The highest BCUT2D eigenvalue weighted by molar-refractivity contribution is 9.09. The van der Waals surface area contributed by atoms with E-state index in [2.05, 4.69) is 15.9 Å². The van der Waals surface area contributed by atoms with E-state index in [0.717, 1.165) is 6.42 Å². The van der Waals surface area contributed by atoms with Crippen molar-refractivity contribution in [2.45, 2.75) is 24.8 Å². The minimum atomic E-state index is -0.789. The van der Waals surface area contributed by atoms with Crippen LogP contribution in [0, 0.1) is 0 Å². The Bertz CT molecular complexity index is 28.7. The van der Waals surface area contributed by atoms with E-state index in [1.54, 1.807) is 0 Å². The van der Waals surface area contributed by atoms with Crippen molar-refractivity contribution in [1.82, 2.24) is 0 Å². The van der Waals surface area contributed by atoms with Crippen LogP contribution in [0.4, 0.5) is 4.39 Å². The van der Waals surface area contributed by atoms with Crippen molar-refractivity contribution in [2.24, 2.45) is 0 Å². The normalized spacial score (nSPS) is 14.5. The van der Waals surface area contributed by atoms with E-state index in [9.17, 15) is 4.39 Å². The fraction of sp³-hybridized carbons (Fsp3) is 1.00. The van der Waals surface area contributed by atoms with Crippen LogP contribution in [-0.4, -0.2) is 5.08 Å². The summed E-state index contributed by atoms with van der Waals surface area (Å²) in [6.45, 7) is 1.95. The average molecular weight is 155 g/mol. The predicted octanol–water partition coefficient (Wildman–Crippen LogP) is 2.48. The highest BCUT2D eigenvalue weighted by Gasteiger charge is 1.92. The Morgan fingerprint density at radius 2 is 2.33 bits per heavy atom. The van der Waals surface area contributed by atoms with Gasteiger partial charge in [-0.15, -0.1) is 0 Å². The zero-order valence-electron chi connectivity index (χ0n) is 3.75. The van der Waals surface area contributed by atoms with Crippen LogP contribution in [0.25, 0.3) is 0 Å². The summed E-state index contributed by atoms with van der Waals surface area (Å²) in [6, 6.07) is 0. The van der Waals surface area contributed by atoms with Gasteiger partial charge >= 0.3 is 0 Å². The van der Waals surface area contributed by atoms with Gasteiger partial charge in [0, 0.05) is 0 Å². The molecule has 0 aromatic carbocycles. The summed E-state index contributed by atoms with van der Waals surface area (Å²) < 4.78 is 11.6. The molecule has 0 nitrogen and oxygen atoms in total. The van der Waals surface area contributed by atoms with Gasteiger partial charge in [0.2, 0.25) is 0 Å². The quantitative estimate of drug-likeness (QED) is 0.537. The molecule has 1 unspecified atom stereocenters. The number of hydrogen-bond acceptors (Lipinski definition) is 0. The van der Waals surface area contributed by atoms with Gasteiger partial charge in [0.05, 0.1) is 0 Å². The summed E-state index contributed by atoms with van der Waals surface area (Å²) in [4.78, 5) is 0. The van der Waals surface area contributed by atoms with Crippen LogP contribution in [-0.2, 0) is 0 Å². The summed E-state index contributed by atoms with van der Waals surface area (Å²) in [6.07, 6.45) is 1.53. The number of rotatable bonds is 2. The van der Waals surface area contributed by atoms with Gasteiger partial charge in [0.25, 0.3) is 0 Å². The van der Waals surface area contributed by atoms with Crippen molar-refractivity contribution in [2.75, 3.05) is 0 Å². The van der Waals surface area contributed by atoms with Crippen LogP contribution >= 0.6 is 15.9 Å². The van der Waals surface area contributed by atoms with Crippen molar-refractivity contribution in [3.63, 3.8) is 0 Å². The summed E-state index contributed by atoms with van der Waals surface area (Å²) >= 11 is 2.77. The summed E-state index contributed by atoms with van der Waals surface area (Å²) in [5.74, 6) is 0. The first-order valence-electron chi connectivity index (χ1n) is 2.05. The van der Waals surface area contributed by atoms with E-state index in [0.29, 0.717) is 6.42 Å². The van der Waals surface area contributed by atoms with E-state index >= 15 is 0 Å². The minimum absolute atomic E-state index is 0.625. The minimum Gasteiger partial charge on any atom is -0.235 e. The first-order valence-corrected chi connectivity index (χ1v) is 2.97. The van der Waals surface area contributed by atoms with Gasteiger partial charge in [-0.05, 0) is 6.42 Å². The van der Waals surface area contributed by atoms with Crippen LogP contribution in [0.5, 0.6) is 0 Å². The first kappa shape index (κ1) is 6.41. The third-order valence-corrected chi connectivity index (χ3v) is 0.965. The number of alkyl halides is 2. The first-order chi connectivity index (χ1) is 2.77. The van der Waals surface area contributed by atoms with Gasteiger partial charge in [-0.3, -0.25) is 0 Å². The Morgan fingerprint density at radius 1 is 1.83 bits per heavy atom. The smallest absolute Gasteiger partial charge is 0.154 e. The molecule has 38 valence electrons. The van der Waals surface area contributed by atoms with Crippen molar-refractivity contribution < 1.29 is 4.39 Å². The molecule has 0 rings (SSSR count). The Morgan fingerprint density at radius 3 is 2.33 bits per heavy atom. The SMILES string of the molecule is CCCC(F)Br. The van der Waals surface area contributed by atoms with E-state index < -0.39 is 5.08 Å². The van der Waals surface area contributed by atoms with Crippen LogP contribution in [0.1, 0.15) is 19.8 Å². The van der Waals surface area contributed by atoms with E-state index in [1.165, 1.54) is 0 Å². The Labute approximate surface area is 45.9 Å². The maximum absolute atomic E-state index is 11.6. The lowest BCUT2D eigenvalue weighted by molar-refractivity contribution is 0.435. The second-order valence-corrected chi connectivity index (χ2v) is 2.17. The molecular weight excluding hydrogens is 147 g/mol. The summed E-state index contributed by atoms with van der Waals surface area (Å²) in [7, 11) is 0. The molecule has 0 aliphatic heterocycles. The maximum Gasteiger partial charge on any atom is 0.154 e. The summed E-state index contributed by atoms with van der Waals surface area (Å²) in [5.41, 5.74) is 0. The second kappa shape index (κ2) is 3.59. The molecule has 0 spiro atoms. The second-order valence-electron chi connectivity index (χ2n) is 1.18. The van der Waals surface area contributed by atoms with Crippen molar-refractivity contribution in [1.29, 1.82) is 0 Å². The Hall–Kier alpha value is 0.410. The lowest BCUT2D eigenvalue weighted by Gasteiger charge is -1.89. The highest BCUT2D eigenvalue weighted by Crippen LogP contribution is 2.06. The van der Waals surface area contributed by atoms with Crippen LogP contribution in [0.3, 0.4) is 0 Å². The standard InChI is InChI=1S/C4H8BrF/c1-2-3-4(5)6/h4H,2-3H2,1H3. The van der Waals surface area contributed by atoms with Gasteiger partial charge in [-0.1, -0.05) is 29.3 Å². The number of halogens is 2. The van der Waals surface area contributed by atoms with E-state index in [1.807, 2.05) is 6.92 Å². The molecular formula is C4H8BrF. The van der Waals surface area contributed by atoms with Gasteiger partial charge in [0.1, 0.15) is 0 Å². The fourth-order valence-corrected chi connectivity index (χ4v) is 0.676. The molecule has 0 N–H and O–H groups in total. The van der Waals surface area contributed by atoms with Crippen LogP contribution < -0.4 is 0 Å². The zero-order valence-corrected chi connectivity index (χ0v) is 5.33. The van der Waals surface area contributed by atoms with Crippen molar-refractivity contribution >= 4 is 15.9 Å². The molecule has 0 radical (unpaired) electrons. The molecule has 0 aromatic heterocycles. The molecule has 0 amide bonds.